The van der Waals surface area contributed by atoms with Crippen LogP contribution in [0.5, 0.6) is 0 Å². The Bertz CT molecular complexity index is 1050. The van der Waals surface area contributed by atoms with Gasteiger partial charge in [-0.3, -0.25) is 4.98 Å². The number of pyridine rings is 1. The van der Waals surface area contributed by atoms with E-state index in [4.69, 9.17) is 38.9 Å². The fourth-order valence-electron chi connectivity index (χ4n) is 4.10. The number of thiazole rings is 1. The van der Waals surface area contributed by atoms with Crippen molar-refractivity contribution in [2.45, 2.75) is 32.8 Å². The molecule has 3 aromatic rings. The first-order chi connectivity index (χ1) is 15.0. The molecule has 10 heteroatoms. The summed E-state index contributed by atoms with van der Waals surface area (Å²) in [6.45, 7) is 3.91. The molecular formula is C21H24Cl2N6OS. The standard InChI is InChI=1S/C21H24Cl2N6OS/c1-13-18(15-2-5-26-19(23)17(15)22)28-16(10-30)20(27-13)29-6-3-21(11-24,4-7-29)8-14-9-25-12-31-14/h2,5,9,12,30H,3-4,6-8,10-11,24H2,1H3. The third-order valence-corrected chi connectivity index (χ3v) is 7.51. The van der Waals surface area contributed by atoms with E-state index in [0.29, 0.717) is 34.3 Å². The largest absolute Gasteiger partial charge is 0.390 e. The summed E-state index contributed by atoms with van der Waals surface area (Å²) in [6.07, 6.45) is 6.35. The lowest BCUT2D eigenvalue weighted by Crippen LogP contribution is -2.45. The minimum atomic E-state index is -0.217. The molecule has 0 radical (unpaired) electrons. The summed E-state index contributed by atoms with van der Waals surface area (Å²) < 4.78 is 0. The molecule has 7 nitrogen and oxygen atoms in total. The SMILES string of the molecule is Cc1nc(N2CCC(CN)(Cc3cncs3)CC2)c(CO)nc1-c1ccnc(Cl)c1Cl. The maximum atomic E-state index is 10.0. The first-order valence-electron chi connectivity index (χ1n) is 10.1. The molecule has 3 N–H and O–H groups in total. The van der Waals surface area contributed by atoms with E-state index in [1.807, 2.05) is 18.6 Å². The molecule has 0 bridgehead atoms. The van der Waals surface area contributed by atoms with Gasteiger partial charge in [0.1, 0.15) is 10.8 Å². The molecule has 1 aliphatic rings. The quantitative estimate of drug-likeness (QED) is 0.518. The summed E-state index contributed by atoms with van der Waals surface area (Å²) in [5.41, 5.74) is 10.6. The Balaban J connectivity index is 1.59. The smallest absolute Gasteiger partial charge is 0.153 e. The van der Waals surface area contributed by atoms with Crippen LogP contribution < -0.4 is 10.6 Å². The zero-order valence-electron chi connectivity index (χ0n) is 17.2. The number of nitrogens with two attached hydrogens (primary N) is 1. The Kier molecular flexibility index (Phi) is 6.74. The van der Waals surface area contributed by atoms with Gasteiger partial charge in [0, 0.05) is 35.9 Å². The van der Waals surface area contributed by atoms with Crippen molar-refractivity contribution < 1.29 is 5.11 Å². The summed E-state index contributed by atoms with van der Waals surface area (Å²) >= 11 is 14.1. The Morgan fingerprint density at radius 1 is 1.26 bits per heavy atom. The van der Waals surface area contributed by atoms with Gasteiger partial charge < -0.3 is 15.7 Å². The predicted molar refractivity (Wildman–Crippen MR) is 125 cm³/mol. The van der Waals surface area contributed by atoms with Gasteiger partial charge in [-0.1, -0.05) is 23.2 Å². The van der Waals surface area contributed by atoms with Crippen molar-refractivity contribution in [3.8, 4) is 11.3 Å². The average molecular weight is 479 g/mol. The number of hydrogen-bond acceptors (Lipinski definition) is 8. The number of anilines is 1. The van der Waals surface area contributed by atoms with Gasteiger partial charge in [0.25, 0.3) is 0 Å². The number of hydrogen-bond donors (Lipinski definition) is 2. The van der Waals surface area contributed by atoms with Crippen LogP contribution in [0, 0.1) is 12.3 Å². The Labute approximate surface area is 195 Å². The number of halogens is 2. The van der Waals surface area contributed by atoms with Crippen LogP contribution in [0.25, 0.3) is 11.3 Å². The van der Waals surface area contributed by atoms with Gasteiger partial charge >= 0.3 is 0 Å². The second kappa shape index (κ2) is 9.34. The lowest BCUT2D eigenvalue weighted by atomic mass is 9.75. The number of aromatic nitrogens is 4. The maximum absolute atomic E-state index is 10.0. The van der Waals surface area contributed by atoms with Crippen LogP contribution in [-0.4, -0.2) is 44.7 Å². The number of aliphatic hydroxyl groups excluding tert-OH is 1. The van der Waals surface area contributed by atoms with Crippen LogP contribution in [-0.2, 0) is 13.0 Å². The van der Waals surface area contributed by atoms with Crippen molar-refractivity contribution in [1.29, 1.82) is 0 Å². The summed E-state index contributed by atoms with van der Waals surface area (Å²) in [5, 5.41) is 10.6. The lowest BCUT2D eigenvalue weighted by Gasteiger charge is -2.42. The van der Waals surface area contributed by atoms with E-state index in [0.717, 1.165) is 38.0 Å². The van der Waals surface area contributed by atoms with E-state index in [1.165, 1.54) is 4.88 Å². The Morgan fingerprint density at radius 2 is 2.03 bits per heavy atom. The summed E-state index contributed by atoms with van der Waals surface area (Å²) in [7, 11) is 0. The molecule has 31 heavy (non-hydrogen) atoms. The van der Waals surface area contributed by atoms with Crippen molar-refractivity contribution >= 4 is 40.4 Å². The van der Waals surface area contributed by atoms with Gasteiger partial charge in [-0.05, 0) is 44.2 Å². The highest BCUT2D eigenvalue weighted by Crippen LogP contribution is 2.38. The number of rotatable bonds is 6. The molecule has 0 amide bonds. The van der Waals surface area contributed by atoms with Gasteiger partial charge in [0.2, 0.25) is 0 Å². The Hall–Kier alpha value is -1.84. The van der Waals surface area contributed by atoms with E-state index in [-0.39, 0.29) is 17.2 Å². The molecular weight excluding hydrogens is 455 g/mol. The fraction of sp³-hybridized carbons (Fsp3) is 0.429. The first-order valence-corrected chi connectivity index (χ1v) is 11.7. The molecule has 1 saturated heterocycles. The lowest BCUT2D eigenvalue weighted by molar-refractivity contribution is 0.226. The number of aryl methyl sites for hydroxylation is 1. The van der Waals surface area contributed by atoms with Crippen molar-refractivity contribution in [3.05, 3.63) is 50.4 Å². The van der Waals surface area contributed by atoms with Crippen molar-refractivity contribution in [2.75, 3.05) is 24.5 Å². The first kappa shape index (κ1) is 22.4. The summed E-state index contributed by atoms with van der Waals surface area (Å²) in [6, 6.07) is 1.75. The monoisotopic (exact) mass is 478 g/mol. The third-order valence-electron chi connectivity index (χ3n) is 5.96. The van der Waals surface area contributed by atoms with E-state index in [2.05, 4.69) is 14.9 Å². The van der Waals surface area contributed by atoms with E-state index < -0.39 is 0 Å². The molecule has 0 unspecified atom stereocenters. The summed E-state index contributed by atoms with van der Waals surface area (Å²) in [5.74, 6) is 0.712. The molecule has 0 aliphatic carbocycles. The average Bonchev–Trinajstić information content (AvgIpc) is 3.29. The van der Waals surface area contributed by atoms with Gasteiger partial charge in [-0.2, -0.15) is 0 Å². The number of nitrogens with zero attached hydrogens (tertiary/aromatic N) is 5. The van der Waals surface area contributed by atoms with E-state index in [9.17, 15) is 5.11 Å². The molecule has 0 spiro atoms. The van der Waals surface area contributed by atoms with Crippen LogP contribution in [0.2, 0.25) is 10.2 Å². The summed E-state index contributed by atoms with van der Waals surface area (Å²) in [4.78, 5) is 21.1. The molecule has 1 aliphatic heterocycles. The molecule has 4 rings (SSSR count). The van der Waals surface area contributed by atoms with Crippen LogP contribution in [0.4, 0.5) is 5.82 Å². The van der Waals surface area contributed by atoms with Gasteiger partial charge in [0.05, 0.1) is 28.5 Å². The fourth-order valence-corrected chi connectivity index (χ4v) is 5.23. The van der Waals surface area contributed by atoms with Crippen LogP contribution in [0.15, 0.2) is 24.0 Å². The molecule has 164 valence electrons. The molecule has 3 aromatic heterocycles. The van der Waals surface area contributed by atoms with Crippen LogP contribution in [0.1, 0.15) is 29.1 Å². The zero-order chi connectivity index (χ0) is 22.0. The molecule has 0 saturated carbocycles. The third kappa shape index (κ3) is 4.54. The second-order valence-corrected chi connectivity index (χ2v) is 9.59. The van der Waals surface area contributed by atoms with Crippen molar-refractivity contribution in [3.63, 3.8) is 0 Å². The van der Waals surface area contributed by atoms with Gasteiger partial charge in [-0.15, -0.1) is 11.3 Å². The van der Waals surface area contributed by atoms with Gasteiger partial charge in [0.15, 0.2) is 5.82 Å². The van der Waals surface area contributed by atoms with Crippen molar-refractivity contribution in [2.24, 2.45) is 11.1 Å². The number of piperidine rings is 1. The molecule has 4 heterocycles. The highest BCUT2D eigenvalue weighted by molar-refractivity contribution is 7.09. The molecule has 1 fully saturated rings. The van der Waals surface area contributed by atoms with E-state index >= 15 is 0 Å². The minimum Gasteiger partial charge on any atom is -0.390 e. The zero-order valence-corrected chi connectivity index (χ0v) is 19.5. The second-order valence-electron chi connectivity index (χ2n) is 7.89. The molecule has 0 atom stereocenters. The molecule has 0 aromatic carbocycles. The minimum absolute atomic E-state index is 0.0616. The highest BCUT2D eigenvalue weighted by atomic mass is 35.5. The maximum Gasteiger partial charge on any atom is 0.153 e. The number of aliphatic hydroxyl groups is 1. The normalized spacial score (nSPS) is 16.0. The topological polar surface area (TPSA) is 101 Å². The van der Waals surface area contributed by atoms with Crippen LogP contribution >= 0.6 is 34.5 Å². The van der Waals surface area contributed by atoms with Crippen molar-refractivity contribution in [1.82, 2.24) is 19.9 Å². The predicted octanol–water partition coefficient (Wildman–Crippen LogP) is 3.89. The Morgan fingerprint density at radius 3 is 2.68 bits per heavy atom. The van der Waals surface area contributed by atoms with Gasteiger partial charge in [-0.25, -0.2) is 15.0 Å². The van der Waals surface area contributed by atoms with Crippen LogP contribution in [0.3, 0.4) is 0 Å². The van der Waals surface area contributed by atoms with E-state index in [1.54, 1.807) is 23.6 Å². The highest BCUT2D eigenvalue weighted by Gasteiger charge is 2.35.